The second-order valence-electron chi connectivity index (χ2n) is 2.66. The number of methoxy groups -OCH3 is 1. The Hall–Kier alpha value is -0.530. The second-order valence-corrected chi connectivity index (χ2v) is 2.66. The fourth-order valence-corrected chi connectivity index (χ4v) is 1.33. The van der Waals surface area contributed by atoms with Gasteiger partial charge in [0.2, 0.25) is 0 Å². The number of hydrogen-bond donors (Lipinski definition) is 0. The first kappa shape index (κ1) is 7.58. The lowest BCUT2D eigenvalue weighted by Crippen LogP contribution is -2.18. The minimum Gasteiger partial charge on any atom is -0.469 e. The highest BCUT2D eigenvalue weighted by atomic mass is 16.5. The molecule has 0 spiro atoms. The van der Waals surface area contributed by atoms with Crippen LogP contribution < -0.4 is 0 Å². The number of carbonyl (C=O) groups excluding carboxylic acids is 1. The van der Waals surface area contributed by atoms with Crippen molar-refractivity contribution in [1.29, 1.82) is 0 Å². The Bertz CT molecular complexity index is 114. The Balaban J connectivity index is 2.31. The first-order chi connectivity index (χ1) is 4.84. The topological polar surface area (TPSA) is 26.3 Å². The van der Waals surface area contributed by atoms with Gasteiger partial charge in [-0.25, -0.2) is 0 Å². The molecule has 1 rings (SSSR count). The van der Waals surface area contributed by atoms with Crippen molar-refractivity contribution >= 4 is 5.97 Å². The van der Waals surface area contributed by atoms with Crippen LogP contribution in [0.5, 0.6) is 0 Å². The molecule has 0 N–H and O–H groups in total. The molecule has 0 amide bonds. The van der Waals surface area contributed by atoms with Gasteiger partial charge in [-0.1, -0.05) is 0 Å². The van der Waals surface area contributed by atoms with Gasteiger partial charge in [0.25, 0.3) is 0 Å². The molecule has 0 bridgehead atoms. The van der Waals surface area contributed by atoms with E-state index in [-0.39, 0.29) is 11.9 Å². The molecule has 0 saturated heterocycles. The van der Waals surface area contributed by atoms with Crippen molar-refractivity contribution in [3.05, 3.63) is 6.42 Å². The van der Waals surface area contributed by atoms with Crippen molar-refractivity contribution in [2.45, 2.75) is 25.7 Å². The standard InChI is InChI=1S/C8H13O2/c1-10-8(9)7-5-3-2-4-6-7/h2,7H,3-6H2,1H3. The van der Waals surface area contributed by atoms with Crippen LogP contribution in [0.4, 0.5) is 0 Å². The molecule has 0 aromatic carbocycles. The largest absolute Gasteiger partial charge is 0.469 e. The van der Waals surface area contributed by atoms with Crippen molar-refractivity contribution in [2.24, 2.45) is 5.92 Å². The fraction of sp³-hybridized carbons (Fsp3) is 0.750. The van der Waals surface area contributed by atoms with Crippen molar-refractivity contribution in [3.63, 3.8) is 0 Å². The van der Waals surface area contributed by atoms with Gasteiger partial charge in [0.15, 0.2) is 0 Å². The van der Waals surface area contributed by atoms with Crippen LogP contribution in [0.15, 0.2) is 0 Å². The van der Waals surface area contributed by atoms with Gasteiger partial charge in [-0.3, -0.25) is 4.79 Å². The summed E-state index contributed by atoms with van der Waals surface area (Å²) >= 11 is 0. The average Bonchev–Trinajstić information content (AvgIpc) is 2.05. The summed E-state index contributed by atoms with van der Waals surface area (Å²) in [6, 6.07) is 0. The molecule has 0 aromatic heterocycles. The zero-order valence-electron chi connectivity index (χ0n) is 6.30. The number of hydrogen-bond acceptors (Lipinski definition) is 2. The smallest absolute Gasteiger partial charge is 0.308 e. The Morgan fingerprint density at radius 2 is 2.10 bits per heavy atom. The van der Waals surface area contributed by atoms with Gasteiger partial charge in [-0.2, -0.15) is 0 Å². The molecule has 2 nitrogen and oxygen atoms in total. The molecule has 1 aliphatic rings. The highest BCUT2D eigenvalue weighted by molar-refractivity contribution is 5.72. The van der Waals surface area contributed by atoms with Crippen LogP contribution in [-0.4, -0.2) is 13.1 Å². The van der Waals surface area contributed by atoms with Gasteiger partial charge in [0.1, 0.15) is 0 Å². The summed E-state index contributed by atoms with van der Waals surface area (Å²) in [6.45, 7) is 0. The lowest BCUT2D eigenvalue weighted by Gasteiger charge is -2.18. The molecule has 0 atom stereocenters. The summed E-state index contributed by atoms with van der Waals surface area (Å²) in [5, 5.41) is 0. The maximum absolute atomic E-state index is 10.9. The number of carbonyl (C=O) groups is 1. The van der Waals surface area contributed by atoms with E-state index >= 15 is 0 Å². The first-order valence-corrected chi connectivity index (χ1v) is 3.74. The molecule has 10 heavy (non-hydrogen) atoms. The van der Waals surface area contributed by atoms with Gasteiger partial charge in [-0.15, -0.1) is 0 Å². The van der Waals surface area contributed by atoms with Crippen molar-refractivity contribution in [3.8, 4) is 0 Å². The third-order valence-electron chi connectivity index (χ3n) is 1.97. The summed E-state index contributed by atoms with van der Waals surface area (Å²) < 4.78 is 4.64. The van der Waals surface area contributed by atoms with Gasteiger partial charge >= 0.3 is 5.97 Å². The van der Waals surface area contributed by atoms with E-state index in [1.165, 1.54) is 7.11 Å². The molecule has 0 aromatic rings. The van der Waals surface area contributed by atoms with Crippen molar-refractivity contribution < 1.29 is 9.53 Å². The zero-order valence-corrected chi connectivity index (χ0v) is 6.30. The van der Waals surface area contributed by atoms with E-state index in [1.54, 1.807) is 0 Å². The van der Waals surface area contributed by atoms with E-state index < -0.39 is 0 Å². The molecule has 0 aliphatic heterocycles. The number of ether oxygens (including phenoxy) is 1. The van der Waals surface area contributed by atoms with Crippen LogP contribution in [0.1, 0.15) is 25.7 Å². The number of rotatable bonds is 1. The maximum atomic E-state index is 10.9. The molecule has 1 aliphatic carbocycles. The monoisotopic (exact) mass is 141 g/mol. The summed E-state index contributed by atoms with van der Waals surface area (Å²) in [4.78, 5) is 10.9. The Morgan fingerprint density at radius 3 is 2.60 bits per heavy atom. The van der Waals surface area contributed by atoms with Gasteiger partial charge < -0.3 is 4.74 Å². The molecule has 2 heteroatoms. The molecule has 0 unspecified atom stereocenters. The van der Waals surface area contributed by atoms with Crippen molar-refractivity contribution in [1.82, 2.24) is 0 Å². The lowest BCUT2D eigenvalue weighted by atomic mass is 9.89. The SMILES string of the molecule is COC(=O)C1CC[CH]CC1. The quantitative estimate of drug-likeness (QED) is 0.518. The second kappa shape index (κ2) is 3.59. The number of esters is 1. The highest BCUT2D eigenvalue weighted by Gasteiger charge is 2.20. The minimum absolute atomic E-state index is 0.0342. The molecule has 0 heterocycles. The van der Waals surface area contributed by atoms with E-state index in [9.17, 15) is 4.79 Å². The molecular formula is C8H13O2. The predicted molar refractivity (Wildman–Crippen MR) is 38.3 cm³/mol. The maximum Gasteiger partial charge on any atom is 0.308 e. The highest BCUT2D eigenvalue weighted by Crippen LogP contribution is 2.23. The summed E-state index contributed by atoms with van der Waals surface area (Å²) in [7, 11) is 1.46. The normalized spacial score (nSPS) is 20.5. The molecule has 1 fully saturated rings. The van der Waals surface area contributed by atoms with Crippen LogP contribution >= 0.6 is 0 Å². The third-order valence-corrected chi connectivity index (χ3v) is 1.97. The first-order valence-electron chi connectivity index (χ1n) is 3.74. The summed E-state index contributed by atoms with van der Waals surface area (Å²) in [6.07, 6.45) is 6.33. The molecule has 1 saturated carbocycles. The van der Waals surface area contributed by atoms with Crippen LogP contribution in [-0.2, 0) is 9.53 Å². The van der Waals surface area contributed by atoms with Crippen LogP contribution in [0, 0.1) is 12.3 Å². The van der Waals surface area contributed by atoms with E-state index in [1.807, 2.05) is 0 Å². The molecule has 1 radical (unpaired) electrons. The van der Waals surface area contributed by atoms with Gasteiger partial charge in [0.05, 0.1) is 13.0 Å². The Labute approximate surface area is 61.6 Å². The zero-order chi connectivity index (χ0) is 7.40. The van der Waals surface area contributed by atoms with Crippen LogP contribution in [0.25, 0.3) is 0 Å². The minimum atomic E-state index is -0.0342. The Kier molecular flexibility index (Phi) is 2.72. The summed E-state index contributed by atoms with van der Waals surface area (Å²) in [5.41, 5.74) is 0. The van der Waals surface area contributed by atoms with Crippen LogP contribution in [0.3, 0.4) is 0 Å². The van der Waals surface area contributed by atoms with E-state index in [2.05, 4.69) is 11.2 Å². The van der Waals surface area contributed by atoms with Crippen molar-refractivity contribution in [2.75, 3.05) is 7.11 Å². The summed E-state index contributed by atoms with van der Waals surface area (Å²) in [5.74, 6) is 0.142. The van der Waals surface area contributed by atoms with Crippen LogP contribution in [0.2, 0.25) is 0 Å². The van der Waals surface area contributed by atoms with E-state index in [0.29, 0.717) is 0 Å². The van der Waals surface area contributed by atoms with Gasteiger partial charge in [0, 0.05) is 0 Å². The van der Waals surface area contributed by atoms with E-state index in [0.717, 1.165) is 25.7 Å². The van der Waals surface area contributed by atoms with Gasteiger partial charge in [-0.05, 0) is 32.1 Å². The average molecular weight is 141 g/mol. The predicted octanol–water partition coefficient (Wildman–Crippen LogP) is 1.55. The molecule has 57 valence electrons. The molecular weight excluding hydrogens is 128 g/mol. The Morgan fingerprint density at radius 1 is 1.50 bits per heavy atom. The van der Waals surface area contributed by atoms with E-state index in [4.69, 9.17) is 0 Å². The fourth-order valence-electron chi connectivity index (χ4n) is 1.33. The lowest BCUT2D eigenvalue weighted by molar-refractivity contribution is -0.146. The third kappa shape index (κ3) is 1.72.